The number of nitrogens with one attached hydrogen (secondary N) is 1. The van der Waals surface area contributed by atoms with Crippen molar-refractivity contribution in [2.24, 2.45) is 14.1 Å². The topological polar surface area (TPSA) is 128 Å². The summed E-state index contributed by atoms with van der Waals surface area (Å²) in [6.07, 6.45) is 0. The number of nitrogens with zero attached hydrogens (tertiary/aromatic N) is 5. The van der Waals surface area contributed by atoms with E-state index < -0.39 is 27.2 Å². The van der Waals surface area contributed by atoms with Crippen molar-refractivity contribution in [1.29, 1.82) is 0 Å². The largest absolute Gasteiger partial charge is 0.332 e. The molecule has 2 aromatic heterocycles. The molecule has 13 heteroatoms. The minimum absolute atomic E-state index is 0.00783. The summed E-state index contributed by atoms with van der Waals surface area (Å²) in [6, 6.07) is 4.60. The molecule has 1 amide bonds. The van der Waals surface area contributed by atoms with Gasteiger partial charge >= 0.3 is 5.69 Å². The highest BCUT2D eigenvalue weighted by atomic mass is 35.5. The van der Waals surface area contributed by atoms with E-state index in [9.17, 15) is 22.8 Å². The number of aryl methyl sites for hydroxylation is 2. The van der Waals surface area contributed by atoms with Gasteiger partial charge in [-0.1, -0.05) is 19.9 Å². The van der Waals surface area contributed by atoms with Gasteiger partial charge in [0, 0.05) is 32.9 Å². The fraction of sp³-hybridized carbons (Fsp3) is 0.400. The van der Waals surface area contributed by atoms with Crippen LogP contribution in [0.25, 0.3) is 11.2 Å². The van der Waals surface area contributed by atoms with E-state index in [2.05, 4.69) is 10.3 Å². The quantitative estimate of drug-likeness (QED) is 0.487. The fourth-order valence-corrected chi connectivity index (χ4v) is 5.50. The van der Waals surface area contributed by atoms with E-state index in [1.165, 1.54) is 33.6 Å². The standard InChI is InChI=1S/C20H25ClN6O5S/c1-6-26(7-2)33(31,32)14-10-13(9-8-12(14)3)22-15(28)11-27-16-17(23-19(27)21)24(4)20(30)25(5)18(16)29/h8-10H,6-7,11H2,1-5H3,(H,22,28). The number of hydrogen-bond acceptors (Lipinski definition) is 6. The molecule has 0 spiro atoms. The van der Waals surface area contributed by atoms with Crippen molar-refractivity contribution in [3.63, 3.8) is 0 Å². The monoisotopic (exact) mass is 496 g/mol. The van der Waals surface area contributed by atoms with E-state index in [-0.39, 0.29) is 33.6 Å². The second-order valence-electron chi connectivity index (χ2n) is 7.46. The zero-order valence-electron chi connectivity index (χ0n) is 18.9. The molecule has 2 heterocycles. The van der Waals surface area contributed by atoms with Gasteiger partial charge < -0.3 is 5.32 Å². The first kappa shape index (κ1) is 24.7. The lowest BCUT2D eigenvalue weighted by Crippen LogP contribution is -2.37. The average Bonchev–Trinajstić information content (AvgIpc) is 3.08. The van der Waals surface area contributed by atoms with Crippen LogP contribution in [0.5, 0.6) is 0 Å². The number of rotatable bonds is 7. The van der Waals surface area contributed by atoms with Crippen LogP contribution >= 0.6 is 11.6 Å². The number of sulfonamides is 1. The summed E-state index contributed by atoms with van der Waals surface area (Å²) in [7, 11) is -0.960. The molecule has 1 aromatic carbocycles. The summed E-state index contributed by atoms with van der Waals surface area (Å²) in [4.78, 5) is 41.6. The first-order valence-electron chi connectivity index (χ1n) is 10.2. The first-order valence-corrected chi connectivity index (χ1v) is 12.0. The molecular formula is C20H25ClN6O5S. The highest BCUT2D eigenvalue weighted by molar-refractivity contribution is 7.89. The lowest BCUT2D eigenvalue weighted by molar-refractivity contribution is -0.116. The number of imidazole rings is 1. The van der Waals surface area contributed by atoms with Crippen LogP contribution in [0.4, 0.5) is 5.69 Å². The number of benzene rings is 1. The molecule has 0 aliphatic heterocycles. The lowest BCUT2D eigenvalue weighted by Gasteiger charge is -2.20. The van der Waals surface area contributed by atoms with E-state index >= 15 is 0 Å². The van der Waals surface area contributed by atoms with E-state index in [0.29, 0.717) is 18.7 Å². The number of hydrogen-bond donors (Lipinski definition) is 1. The molecule has 0 saturated heterocycles. The maximum absolute atomic E-state index is 12.9. The van der Waals surface area contributed by atoms with Gasteiger partial charge in [0.2, 0.25) is 21.2 Å². The Morgan fingerprint density at radius 2 is 1.79 bits per heavy atom. The van der Waals surface area contributed by atoms with Gasteiger partial charge in [0.1, 0.15) is 6.54 Å². The minimum atomic E-state index is -3.73. The number of anilines is 1. The van der Waals surface area contributed by atoms with Gasteiger partial charge in [-0.05, 0) is 36.2 Å². The van der Waals surface area contributed by atoms with Gasteiger partial charge in [0.05, 0.1) is 4.90 Å². The minimum Gasteiger partial charge on any atom is -0.324 e. The third-order valence-corrected chi connectivity index (χ3v) is 7.88. The van der Waals surface area contributed by atoms with Gasteiger partial charge in [-0.3, -0.25) is 23.3 Å². The number of aromatic nitrogens is 4. The van der Waals surface area contributed by atoms with Gasteiger partial charge in [0.15, 0.2) is 11.2 Å². The Morgan fingerprint density at radius 1 is 1.15 bits per heavy atom. The van der Waals surface area contributed by atoms with Crippen molar-refractivity contribution in [1.82, 2.24) is 23.0 Å². The van der Waals surface area contributed by atoms with Crippen LogP contribution < -0.4 is 16.6 Å². The molecule has 33 heavy (non-hydrogen) atoms. The molecule has 0 fully saturated rings. The molecule has 0 aliphatic rings. The highest BCUT2D eigenvalue weighted by Crippen LogP contribution is 2.24. The molecule has 1 N–H and O–H groups in total. The smallest absolute Gasteiger partial charge is 0.324 e. The number of fused-ring (bicyclic) bond motifs is 1. The number of amides is 1. The molecule has 0 aliphatic carbocycles. The molecule has 11 nitrogen and oxygen atoms in total. The molecule has 178 valence electrons. The van der Waals surface area contributed by atoms with Gasteiger partial charge in [0.25, 0.3) is 5.56 Å². The van der Waals surface area contributed by atoms with Crippen LogP contribution in [0.3, 0.4) is 0 Å². The van der Waals surface area contributed by atoms with Crippen LogP contribution in [0.1, 0.15) is 19.4 Å². The lowest BCUT2D eigenvalue weighted by atomic mass is 10.2. The summed E-state index contributed by atoms with van der Waals surface area (Å²) in [5.41, 5.74) is -0.314. The van der Waals surface area contributed by atoms with Crippen molar-refractivity contribution in [2.45, 2.75) is 32.2 Å². The van der Waals surface area contributed by atoms with Crippen LogP contribution in [-0.4, -0.2) is 50.4 Å². The number of halogens is 1. The molecule has 0 radical (unpaired) electrons. The second-order valence-corrected chi connectivity index (χ2v) is 9.71. The van der Waals surface area contributed by atoms with Crippen LogP contribution in [0, 0.1) is 6.92 Å². The fourth-order valence-electron chi connectivity index (χ4n) is 3.57. The van der Waals surface area contributed by atoms with Crippen molar-refractivity contribution in [3.05, 3.63) is 49.9 Å². The van der Waals surface area contributed by atoms with Crippen molar-refractivity contribution < 1.29 is 13.2 Å². The SMILES string of the molecule is CCN(CC)S(=O)(=O)c1cc(NC(=O)Cn2c(Cl)nc3c2c(=O)n(C)c(=O)n3C)ccc1C. The molecule has 0 saturated carbocycles. The van der Waals surface area contributed by atoms with Crippen LogP contribution in [0.15, 0.2) is 32.7 Å². The maximum Gasteiger partial charge on any atom is 0.332 e. The summed E-state index contributed by atoms with van der Waals surface area (Å²) in [6.45, 7) is 5.45. The normalized spacial score (nSPS) is 12.0. The Morgan fingerprint density at radius 3 is 2.39 bits per heavy atom. The highest BCUT2D eigenvalue weighted by Gasteiger charge is 2.24. The predicted molar refractivity (Wildman–Crippen MR) is 125 cm³/mol. The summed E-state index contributed by atoms with van der Waals surface area (Å²) in [5.74, 6) is -0.554. The Kier molecular flexibility index (Phi) is 6.82. The number of carbonyl (C=O) groups excluding carboxylic acids is 1. The summed E-state index contributed by atoms with van der Waals surface area (Å²) in [5, 5.41) is 2.51. The molecule has 0 unspecified atom stereocenters. The van der Waals surface area contributed by atoms with Crippen LogP contribution in [0.2, 0.25) is 5.28 Å². The maximum atomic E-state index is 12.9. The second kappa shape index (κ2) is 9.12. The zero-order valence-corrected chi connectivity index (χ0v) is 20.5. The van der Waals surface area contributed by atoms with Crippen LogP contribution in [-0.2, 0) is 35.5 Å². The van der Waals surface area contributed by atoms with Gasteiger partial charge in [-0.15, -0.1) is 0 Å². The Balaban J connectivity index is 1.96. The summed E-state index contributed by atoms with van der Waals surface area (Å²) < 4.78 is 30.5. The molecule has 0 atom stereocenters. The Labute approximate surface area is 195 Å². The van der Waals surface area contributed by atoms with E-state index in [1.807, 2.05) is 0 Å². The first-order chi connectivity index (χ1) is 15.4. The van der Waals surface area contributed by atoms with E-state index in [0.717, 1.165) is 4.57 Å². The van der Waals surface area contributed by atoms with E-state index in [4.69, 9.17) is 11.6 Å². The van der Waals surface area contributed by atoms with Crippen molar-refractivity contribution >= 4 is 44.4 Å². The van der Waals surface area contributed by atoms with Gasteiger partial charge in [-0.2, -0.15) is 9.29 Å². The van der Waals surface area contributed by atoms with Crippen molar-refractivity contribution in [3.8, 4) is 0 Å². The zero-order chi connectivity index (χ0) is 24.7. The third kappa shape index (κ3) is 4.33. The van der Waals surface area contributed by atoms with Crippen molar-refractivity contribution in [2.75, 3.05) is 18.4 Å². The van der Waals surface area contributed by atoms with E-state index in [1.54, 1.807) is 32.9 Å². The summed E-state index contributed by atoms with van der Waals surface area (Å²) >= 11 is 6.16. The number of carbonyl (C=O) groups is 1. The average molecular weight is 497 g/mol. The molecular weight excluding hydrogens is 472 g/mol. The van der Waals surface area contributed by atoms with Gasteiger partial charge in [-0.25, -0.2) is 13.2 Å². The predicted octanol–water partition coefficient (Wildman–Crippen LogP) is 1.06. The Hall–Kier alpha value is -2.96. The molecule has 3 rings (SSSR count). The molecule has 0 bridgehead atoms. The Bertz CT molecular complexity index is 1470. The third-order valence-electron chi connectivity index (χ3n) is 5.40. The molecule has 3 aromatic rings.